The lowest BCUT2D eigenvalue weighted by Crippen LogP contribution is -1.79. The van der Waals surface area contributed by atoms with Gasteiger partial charge in [0.15, 0.2) is 0 Å². The molecule has 0 bridgehead atoms. The summed E-state index contributed by atoms with van der Waals surface area (Å²) in [6.07, 6.45) is 0. The maximum atomic E-state index is 6.03. The summed E-state index contributed by atoms with van der Waals surface area (Å²) in [7, 11) is 0. The molecule has 0 spiro atoms. The van der Waals surface area contributed by atoms with Crippen LogP contribution in [0.3, 0.4) is 0 Å². The molecule has 2 rings (SSSR count). The van der Waals surface area contributed by atoms with Crippen LogP contribution in [0.5, 0.6) is 0 Å². The number of rotatable bonds is 1. The fourth-order valence-corrected chi connectivity index (χ4v) is 2.08. The van der Waals surface area contributed by atoms with Gasteiger partial charge < -0.3 is 0 Å². The third kappa shape index (κ3) is 2.54. The van der Waals surface area contributed by atoms with Crippen LogP contribution in [0.4, 0.5) is 0 Å². The van der Waals surface area contributed by atoms with Crippen LogP contribution in [0, 0.1) is 0 Å². The van der Waals surface area contributed by atoms with Gasteiger partial charge in [-0.3, -0.25) is 0 Å². The molecule has 2 aromatic rings. The number of benzene rings is 2. The van der Waals surface area contributed by atoms with Crippen molar-refractivity contribution >= 4 is 50.7 Å². The molecular formula is C12H6BrCl3. The van der Waals surface area contributed by atoms with Crippen molar-refractivity contribution in [1.29, 1.82) is 0 Å². The predicted octanol–water partition coefficient (Wildman–Crippen LogP) is 6.08. The van der Waals surface area contributed by atoms with Gasteiger partial charge in [0.1, 0.15) is 0 Å². The third-order valence-electron chi connectivity index (χ3n) is 2.17. The Morgan fingerprint density at radius 2 is 1.25 bits per heavy atom. The highest BCUT2D eigenvalue weighted by molar-refractivity contribution is 9.10. The first-order valence-electron chi connectivity index (χ1n) is 4.48. The molecule has 0 aliphatic rings. The van der Waals surface area contributed by atoms with Crippen molar-refractivity contribution in [3.8, 4) is 11.1 Å². The first-order valence-corrected chi connectivity index (χ1v) is 6.41. The topological polar surface area (TPSA) is 0 Å². The summed E-state index contributed by atoms with van der Waals surface area (Å²) in [4.78, 5) is 0. The molecule has 0 unspecified atom stereocenters. The molecule has 0 aliphatic heterocycles. The molecule has 0 N–H and O–H groups in total. The quantitative estimate of drug-likeness (QED) is 0.592. The van der Waals surface area contributed by atoms with Gasteiger partial charge in [0, 0.05) is 4.47 Å². The number of hydrogen-bond acceptors (Lipinski definition) is 0. The van der Waals surface area contributed by atoms with Crippen LogP contribution in [0.1, 0.15) is 0 Å². The summed E-state index contributed by atoms with van der Waals surface area (Å²) < 4.78 is 0.873. The van der Waals surface area contributed by atoms with Crippen molar-refractivity contribution in [3.05, 3.63) is 55.9 Å². The van der Waals surface area contributed by atoms with Crippen molar-refractivity contribution in [3.63, 3.8) is 0 Å². The highest BCUT2D eigenvalue weighted by Crippen LogP contribution is 2.32. The van der Waals surface area contributed by atoms with Gasteiger partial charge in [0.05, 0.1) is 15.1 Å². The van der Waals surface area contributed by atoms with Crippen LogP contribution < -0.4 is 0 Å². The van der Waals surface area contributed by atoms with Gasteiger partial charge >= 0.3 is 0 Å². The molecule has 0 heterocycles. The second kappa shape index (κ2) is 4.97. The average molecular weight is 336 g/mol. The Kier molecular flexibility index (Phi) is 3.81. The predicted molar refractivity (Wildman–Crippen MR) is 74.6 cm³/mol. The van der Waals surface area contributed by atoms with E-state index in [1.807, 2.05) is 30.3 Å². The van der Waals surface area contributed by atoms with Crippen molar-refractivity contribution in [2.75, 3.05) is 0 Å². The summed E-state index contributed by atoms with van der Waals surface area (Å²) in [6, 6.07) is 11.3. The second-order valence-electron chi connectivity index (χ2n) is 3.26. The Balaban J connectivity index is 2.50. The van der Waals surface area contributed by atoms with Crippen LogP contribution in [0.2, 0.25) is 15.1 Å². The van der Waals surface area contributed by atoms with E-state index in [1.165, 1.54) is 0 Å². The van der Waals surface area contributed by atoms with E-state index in [4.69, 9.17) is 34.8 Å². The zero-order valence-electron chi connectivity index (χ0n) is 7.98. The molecule has 0 atom stereocenters. The molecule has 0 amide bonds. The fourth-order valence-electron chi connectivity index (χ4n) is 1.35. The minimum absolute atomic E-state index is 0.540. The molecule has 0 nitrogen and oxygen atoms in total. The zero-order chi connectivity index (χ0) is 11.7. The zero-order valence-corrected chi connectivity index (χ0v) is 11.8. The van der Waals surface area contributed by atoms with Crippen LogP contribution in [-0.4, -0.2) is 0 Å². The Hall–Kier alpha value is -0.210. The SMILES string of the molecule is Clc1ccc(-c2ccc(Br)c(Cl)c2)cc1Cl. The van der Waals surface area contributed by atoms with E-state index in [1.54, 1.807) is 6.07 Å². The summed E-state index contributed by atoms with van der Waals surface area (Å²) in [5, 5.41) is 1.76. The molecule has 0 saturated carbocycles. The molecule has 0 aliphatic carbocycles. The Morgan fingerprint density at radius 3 is 1.81 bits per heavy atom. The molecule has 16 heavy (non-hydrogen) atoms. The molecule has 2 aromatic carbocycles. The fraction of sp³-hybridized carbons (Fsp3) is 0. The molecule has 0 fully saturated rings. The van der Waals surface area contributed by atoms with Gasteiger partial charge in [-0.15, -0.1) is 0 Å². The van der Waals surface area contributed by atoms with E-state index in [2.05, 4.69) is 15.9 Å². The van der Waals surface area contributed by atoms with Gasteiger partial charge in [-0.1, -0.05) is 46.9 Å². The van der Waals surface area contributed by atoms with Gasteiger partial charge in [0.2, 0.25) is 0 Å². The van der Waals surface area contributed by atoms with Crippen LogP contribution in [-0.2, 0) is 0 Å². The summed E-state index contributed by atoms with van der Waals surface area (Å²) in [5.74, 6) is 0. The third-order valence-corrected chi connectivity index (χ3v) is 4.14. The number of hydrogen-bond donors (Lipinski definition) is 0. The van der Waals surface area contributed by atoms with Gasteiger partial charge in [-0.2, -0.15) is 0 Å². The highest BCUT2D eigenvalue weighted by Gasteiger charge is 2.04. The lowest BCUT2D eigenvalue weighted by Gasteiger charge is -2.05. The first-order chi connectivity index (χ1) is 7.58. The summed E-state index contributed by atoms with van der Waals surface area (Å²) >= 11 is 21.2. The molecule has 0 aromatic heterocycles. The molecular weight excluding hydrogens is 330 g/mol. The van der Waals surface area contributed by atoms with Crippen LogP contribution in [0.25, 0.3) is 11.1 Å². The molecule has 4 heteroatoms. The first kappa shape index (κ1) is 12.3. The smallest absolute Gasteiger partial charge is 0.0598 e. The largest absolute Gasteiger partial charge is 0.0831 e. The Morgan fingerprint density at radius 1 is 0.688 bits per heavy atom. The average Bonchev–Trinajstić information content (AvgIpc) is 2.26. The molecule has 0 saturated heterocycles. The van der Waals surface area contributed by atoms with E-state index in [9.17, 15) is 0 Å². The van der Waals surface area contributed by atoms with E-state index >= 15 is 0 Å². The van der Waals surface area contributed by atoms with Crippen LogP contribution >= 0.6 is 50.7 Å². The molecule has 82 valence electrons. The highest BCUT2D eigenvalue weighted by atomic mass is 79.9. The minimum Gasteiger partial charge on any atom is -0.0831 e. The Labute approximate surface area is 117 Å². The van der Waals surface area contributed by atoms with Gasteiger partial charge in [-0.25, -0.2) is 0 Å². The van der Waals surface area contributed by atoms with Crippen LogP contribution in [0.15, 0.2) is 40.9 Å². The van der Waals surface area contributed by atoms with E-state index < -0.39 is 0 Å². The maximum Gasteiger partial charge on any atom is 0.0598 e. The standard InChI is InChI=1S/C12H6BrCl3/c13-9-3-1-7(5-11(9)15)8-2-4-10(14)12(16)6-8/h1-6H. The van der Waals surface area contributed by atoms with Crippen molar-refractivity contribution in [2.24, 2.45) is 0 Å². The normalized spacial score (nSPS) is 10.5. The molecule has 0 radical (unpaired) electrons. The summed E-state index contributed by atoms with van der Waals surface area (Å²) in [6.45, 7) is 0. The van der Waals surface area contributed by atoms with Gasteiger partial charge in [-0.05, 0) is 51.3 Å². The second-order valence-corrected chi connectivity index (χ2v) is 5.33. The van der Waals surface area contributed by atoms with Gasteiger partial charge in [0.25, 0.3) is 0 Å². The van der Waals surface area contributed by atoms with Crippen molar-refractivity contribution in [1.82, 2.24) is 0 Å². The monoisotopic (exact) mass is 334 g/mol. The van der Waals surface area contributed by atoms with E-state index in [0.29, 0.717) is 15.1 Å². The van der Waals surface area contributed by atoms with E-state index in [0.717, 1.165) is 15.6 Å². The minimum atomic E-state index is 0.540. The lowest BCUT2D eigenvalue weighted by molar-refractivity contribution is 1.59. The van der Waals surface area contributed by atoms with E-state index in [-0.39, 0.29) is 0 Å². The summed E-state index contributed by atoms with van der Waals surface area (Å²) in [5.41, 5.74) is 2.00. The van der Waals surface area contributed by atoms with Crippen molar-refractivity contribution in [2.45, 2.75) is 0 Å². The maximum absolute atomic E-state index is 6.03. The lowest BCUT2D eigenvalue weighted by atomic mass is 10.1. The number of halogens is 4. The Bertz CT molecular complexity index is 488. The van der Waals surface area contributed by atoms with Crippen molar-refractivity contribution < 1.29 is 0 Å².